The van der Waals surface area contributed by atoms with Crippen LogP contribution < -0.4 is 0 Å². The van der Waals surface area contributed by atoms with Crippen molar-refractivity contribution in [3.8, 4) is 0 Å². The van der Waals surface area contributed by atoms with Gasteiger partial charge in [0.15, 0.2) is 0 Å². The molecule has 1 aliphatic carbocycles. The maximum absolute atomic E-state index is 4.39. The molecule has 0 saturated heterocycles. The minimum absolute atomic E-state index is 1.18. The summed E-state index contributed by atoms with van der Waals surface area (Å²) in [5.74, 6) is 0. The normalized spacial score (nSPS) is 16.8. The zero-order valence-electron chi connectivity index (χ0n) is 8.09. The van der Waals surface area contributed by atoms with Crippen LogP contribution in [0.3, 0.4) is 0 Å². The van der Waals surface area contributed by atoms with Crippen LogP contribution in [0.25, 0.3) is 5.57 Å². The Labute approximate surface area is 79.5 Å². The van der Waals surface area contributed by atoms with Gasteiger partial charge in [0.25, 0.3) is 0 Å². The first-order valence-corrected chi connectivity index (χ1v) is 4.98. The molecule has 13 heavy (non-hydrogen) atoms. The molecule has 0 amide bonds. The summed E-state index contributed by atoms with van der Waals surface area (Å²) in [6, 6.07) is 4.23. The van der Waals surface area contributed by atoms with Gasteiger partial charge in [0.05, 0.1) is 5.69 Å². The van der Waals surface area contributed by atoms with Crippen LogP contribution in [0.5, 0.6) is 0 Å². The van der Waals surface area contributed by atoms with Gasteiger partial charge in [-0.15, -0.1) is 0 Å². The Morgan fingerprint density at radius 2 is 2.23 bits per heavy atom. The minimum Gasteiger partial charge on any atom is -0.257 e. The van der Waals surface area contributed by atoms with Crippen molar-refractivity contribution >= 4 is 5.57 Å². The summed E-state index contributed by atoms with van der Waals surface area (Å²) in [5.41, 5.74) is 3.92. The molecule has 1 aromatic rings. The third-order valence-electron chi connectivity index (χ3n) is 2.54. The Morgan fingerprint density at radius 3 is 2.92 bits per heavy atom. The summed E-state index contributed by atoms with van der Waals surface area (Å²) in [6.45, 7) is 2.12. The second kappa shape index (κ2) is 3.73. The van der Waals surface area contributed by atoms with Crippen molar-refractivity contribution in [3.05, 3.63) is 35.7 Å². The zero-order valence-corrected chi connectivity index (χ0v) is 8.09. The number of hydrogen-bond acceptors (Lipinski definition) is 1. The fourth-order valence-corrected chi connectivity index (χ4v) is 1.78. The summed E-state index contributed by atoms with van der Waals surface area (Å²) in [6.07, 6.45) is 9.34. The SMILES string of the molecule is Cc1ccnc(C2=CCCCC2)c1. The number of allylic oxidation sites excluding steroid dienone is 2. The molecule has 68 valence electrons. The van der Waals surface area contributed by atoms with Gasteiger partial charge in [0.1, 0.15) is 0 Å². The van der Waals surface area contributed by atoms with Gasteiger partial charge in [0, 0.05) is 6.20 Å². The summed E-state index contributed by atoms with van der Waals surface area (Å²) < 4.78 is 0. The fraction of sp³-hybridized carbons (Fsp3) is 0.417. The molecule has 2 rings (SSSR count). The molecule has 0 spiro atoms. The Hall–Kier alpha value is -1.11. The fourth-order valence-electron chi connectivity index (χ4n) is 1.78. The molecular weight excluding hydrogens is 158 g/mol. The first-order chi connectivity index (χ1) is 6.36. The van der Waals surface area contributed by atoms with E-state index in [1.807, 2.05) is 12.3 Å². The molecule has 0 aromatic carbocycles. The standard InChI is InChI=1S/C12H15N/c1-10-7-8-13-12(9-10)11-5-3-2-4-6-11/h5,7-9H,2-4,6H2,1H3. The van der Waals surface area contributed by atoms with Crippen LogP contribution >= 0.6 is 0 Å². The maximum atomic E-state index is 4.39. The highest BCUT2D eigenvalue weighted by atomic mass is 14.7. The van der Waals surface area contributed by atoms with Gasteiger partial charge >= 0.3 is 0 Å². The number of hydrogen-bond donors (Lipinski definition) is 0. The second-order valence-electron chi connectivity index (χ2n) is 3.69. The summed E-state index contributed by atoms with van der Waals surface area (Å²) in [7, 11) is 0. The van der Waals surface area contributed by atoms with Crippen molar-refractivity contribution in [2.45, 2.75) is 32.6 Å². The van der Waals surface area contributed by atoms with Crippen LogP contribution in [-0.4, -0.2) is 4.98 Å². The van der Waals surface area contributed by atoms with Gasteiger partial charge in [-0.2, -0.15) is 0 Å². The van der Waals surface area contributed by atoms with Gasteiger partial charge in [0.2, 0.25) is 0 Å². The molecular formula is C12H15N. The van der Waals surface area contributed by atoms with E-state index in [0.717, 1.165) is 0 Å². The lowest BCUT2D eigenvalue weighted by Gasteiger charge is -2.11. The smallest absolute Gasteiger partial charge is 0.0661 e. The Balaban J connectivity index is 2.29. The van der Waals surface area contributed by atoms with Gasteiger partial charge in [-0.25, -0.2) is 0 Å². The molecule has 1 aliphatic rings. The van der Waals surface area contributed by atoms with Crippen molar-refractivity contribution in [3.63, 3.8) is 0 Å². The molecule has 0 saturated carbocycles. The number of aryl methyl sites for hydroxylation is 1. The van der Waals surface area contributed by atoms with Gasteiger partial charge in [-0.3, -0.25) is 4.98 Å². The van der Waals surface area contributed by atoms with E-state index in [4.69, 9.17) is 0 Å². The first kappa shape index (κ1) is 8.49. The van der Waals surface area contributed by atoms with Crippen LogP contribution in [-0.2, 0) is 0 Å². The highest BCUT2D eigenvalue weighted by molar-refractivity contribution is 5.63. The van der Waals surface area contributed by atoms with Crippen LogP contribution in [0.4, 0.5) is 0 Å². The highest BCUT2D eigenvalue weighted by Gasteiger charge is 2.06. The molecule has 1 aromatic heterocycles. The van der Waals surface area contributed by atoms with Gasteiger partial charge in [-0.1, -0.05) is 6.08 Å². The quantitative estimate of drug-likeness (QED) is 0.634. The van der Waals surface area contributed by atoms with Crippen LogP contribution in [0.15, 0.2) is 24.4 Å². The Bertz CT molecular complexity index is 326. The van der Waals surface area contributed by atoms with E-state index in [9.17, 15) is 0 Å². The van der Waals surface area contributed by atoms with Crippen LogP contribution in [0.2, 0.25) is 0 Å². The molecule has 0 unspecified atom stereocenters. The topological polar surface area (TPSA) is 12.9 Å². The van der Waals surface area contributed by atoms with E-state index in [-0.39, 0.29) is 0 Å². The van der Waals surface area contributed by atoms with E-state index in [1.165, 1.54) is 42.5 Å². The summed E-state index contributed by atoms with van der Waals surface area (Å²) >= 11 is 0. The molecule has 0 radical (unpaired) electrons. The third kappa shape index (κ3) is 1.97. The number of nitrogens with zero attached hydrogens (tertiary/aromatic N) is 1. The average Bonchev–Trinajstić information content (AvgIpc) is 2.19. The number of rotatable bonds is 1. The Morgan fingerprint density at radius 1 is 1.31 bits per heavy atom. The lowest BCUT2D eigenvalue weighted by Crippen LogP contribution is -1.94. The molecule has 0 atom stereocenters. The first-order valence-electron chi connectivity index (χ1n) is 4.98. The lowest BCUT2D eigenvalue weighted by atomic mass is 9.96. The Kier molecular flexibility index (Phi) is 2.44. The van der Waals surface area contributed by atoms with Crippen molar-refractivity contribution < 1.29 is 0 Å². The summed E-state index contributed by atoms with van der Waals surface area (Å²) in [4.78, 5) is 4.39. The lowest BCUT2D eigenvalue weighted by molar-refractivity contribution is 0.740. The predicted octanol–water partition coefficient (Wildman–Crippen LogP) is 3.35. The van der Waals surface area contributed by atoms with E-state index in [0.29, 0.717) is 0 Å². The second-order valence-corrected chi connectivity index (χ2v) is 3.69. The van der Waals surface area contributed by atoms with Gasteiger partial charge < -0.3 is 0 Å². The maximum Gasteiger partial charge on any atom is 0.0661 e. The van der Waals surface area contributed by atoms with Crippen molar-refractivity contribution in [2.75, 3.05) is 0 Å². The monoisotopic (exact) mass is 173 g/mol. The number of aromatic nitrogens is 1. The van der Waals surface area contributed by atoms with E-state index >= 15 is 0 Å². The molecule has 0 bridgehead atoms. The van der Waals surface area contributed by atoms with E-state index in [1.54, 1.807) is 0 Å². The van der Waals surface area contributed by atoms with E-state index in [2.05, 4.69) is 24.1 Å². The minimum atomic E-state index is 1.18. The van der Waals surface area contributed by atoms with Crippen molar-refractivity contribution in [1.29, 1.82) is 0 Å². The van der Waals surface area contributed by atoms with Crippen molar-refractivity contribution in [1.82, 2.24) is 4.98 Å². The molecule has 1 heteroatoms. The predicted molar refractivity (Wildman–Crippen MR) is 55.4 cm³/mol. The highest BCUT2D eigenvalue weighted by Crippen LogP contribution is 2.25. The van der Waals surface area contributed by atoms with Crippen LogP contribution in [0, 0.1) is 6.92 Å². The largest absolute Gasteiger partial charge is 0.257 e. The number of pyridine rings is 1. The molecule has 0 N–H and O–H groups in total. The molecule has 1 nitrogen and oxygen atoms in total. The average molecular weight is 173 g/mol. The van der Waals surface area contributed by atoms with E-state index < -0.39 is 0 Å². The molecule has 1 heterocycles. The van der Waals surface area contributed by atoms with Gasteiger partial charge in [-0.05, 0) is 55.9 Å². The van der Waals surface area contributed by atoms with Crippen LogP contribution in [0.1, 0.15) is 36.9 Å². The summed E-state index contributed by atoms with van der Waals surface area (Å²) in [5, 5.41) is 0. The third-order valence-corrected chi connectivity index (χ3v) is 2.54. The zero-order chi connectivity index (χ0) is 9.10. The molecule has 0 aliphatic heterocycles. The molecule has 0 fully saturated rings. The van der Waals surface area contributed by atoms with Crippen molar-refractivity contribution in [2.24, 2.45) is 0 Å².